The van der Waals surface area contributed by atoms with Crippen molar-refractivity contribution in [2.45, 2.75) is 31.3 Å². The van der Waals surface area contributed by atoms with E-state index in [4.69, 9.17) is 11.6 Å². The number of hydrogen-bond donors (Lipinski definition) is 0. The van der Waals surface area contributed by atoms with Gasteiger partial charge in [0.15, 0.2) is 0 Å². The molecule has 0 saturated heterocycles. The Morgan fingerprint density at radius 2 is 2.22 bits per heavy atom. The topological polar surface area (TPSA) is 16.1 Å². The lowest BCUT2D eigenvalue weighted by atomic mass is 10.3. The van der Waals surface area contributed by atoms with Crippen LogP contribution >= 0.6 is 22.9 Å². The van der Waals surface area contributed by atoms with Crippen molar-refractivity contribution < 1.29 is 0 Å². The third-order valence-corrected chi connectivity index (χ3v) is 4.32. The summed E-state index contributed by atoms with van der Waals surface area (Å²) in [5.41, 5.74) is 1.08. The second-order valence-corrected chi connectivity index (χ2v) is 5.90. The van der Waals surface area contributed by atoms with Crippen molar-refractivity contribution in [2.75, 3.05) is 4.90 Å². The van der Waals surface area contributed by atoms with Crippen LogP contribution in [0.4, 0.5) is 5.82 Å². The highest BCUT2D eigenvalue weighted by molar-refractivity contribution is 7.09. The van der Waals surface area contributed by atoms with E-state index in [9.17, 15) is 0 Å². The van der Waals surface area contributed by atoms with Gasteiger partial charge in [0.25, 0.3) is 0 Å². The number of thiophene rings is 1. The molecule has 94 valence electrons. The zero-order chi connectivity index (χ0) is 12.4. The Morgan fingerprint density at radius 1 is 1.33 bits per heavy atom. The maximum absolute atomic E-state index is 5.80. The molecule has 0 unspecified atom stereocenters. The minimum atomic E-state index is 0.529. The molecule has 18 heavy (non-hydrogen) atoms. The summed E-state index contributed by atoms with van der Waals surface area (Å²) in [5.74, 6) is 1.60. The molecule has 0 N–H and O–H groups in total. The molecule has 0 bridgehead atoms. The van der Waals surface area contributed by atoms with E-state index in [1.54, 1.807) is 0 Å². The molecule has 0 radical (unpaired) electrons. The molecule has 2 heterocycles. The summed E-state index contributed by atoms with van der Waals surface area (Å²) in [6, 6.07) is 9.12. The third kappa shape index (κ3) is 2.68. The monoisotopic (exact) mass is 278 g/mol. The summed E-state index contributed by atoms with van der Waals surface area (Å²) in [6.07, 6.45) is 4.45. The maximum atomic E-state index is 5.80. The molecule has 3 rings (SSSR count). The fourth-order valence-corrected chi connectivity index (χ4v) is 2.88. The highest BCUT2D eigenvalue weighted by atomic mass is 35.5. The van der Waals surface area contributed by atoms with E-state index in [1.165, 1.54) is 17.7 Å². The largest absolute Gasteiger partial charge is 0.348 e. The number of anilines is 1. The lowest BCUT2D eigenvalue weighted by Gasteiger charge is -2.22. The van der Waals surface area contributed by atoms with Crippen molar-refractivity contribution in [3.8, 4) is 0 Å². The Bertz CT molecular complexity index is 491. The summed E-state index contributed by atoms with van der Waals surface area (Å²) in [6.45, 7) is 0.968. The number of halogens is 1. The normalized spacial score (nSPS) is 14.7. The minimum absolute atomic E-state index is 0.529. The molecule has 1 aliphatic carbocycles. The predicted octanol–water partition coefficient (Wildman–Crippen LogP) is 4.05. The molecule has 0 aromatic carbocycles. The van der Waals surface area contributed by atoms with Crippen LogP contribution in [0.3, 0.4) is 0 Å². The first-order chi connectivity index (χ1) is 8.86. The van der Waals surface area contributed by atoms with Gasteiger partial charge in [-0.1, -0.05) is 12.1 Å². The first-order valence-corrected chi connectivity index (χ1v) is 7.58. The van der Waals surface area contributed by atoms with Gasteiger partial charge in [-0.3, -0.25) is 0 Å². The SMILES string of the molecule is ClCc1ccc(N(Cc2cccs2)C2CC2)nc1. The Morgan fingerprint density at radius 3 is 2.78 bits per heavy atom. The van der Waals surface area contributed by atoms with Gasteiger partial charge in [0.2, 0.25) is 0 Å². The molecule has 0 amide bonds. The van der Waals surface area contributed by atoms with Crippen molar-refractivity contribution in [3.63, 3.8) is 0 Å². The van der Waals surface area contributed by atoms with Crippen molar-refractivity contribution in [1.29, 1.82) is 0 Å². The van der Waals surface area contributed by atoms with Gasteiger partial charge in [-0.15, -0.1) is 22.9 Å². The van der Waals surface area contributed by atoms with Crippen LogP contribution in [0.1, 0.15) is 23.3 Å². The third-order valence-electron chi connectivity index (χ3n) is 3.15. The lowest BCUT2D eigenvalue weighted by Crippen LogP contribution is -2.25. The first-order valence-electron chi connectivity index (χ1n) is 6.17. The summed E-state index contributed by atoms with van der Waals surface area (Å²) >= 11 is 7.61. The van der Waals surface area contributed by atoms with E-state index in [2.05, 4.69) is 39.5 Å². The molecule has 0 atom stereocenters. The fraction of sp³-hybridized carbons (Fsp3) is 0.357. The van der Waals surface area contributed by atoms with Gasteiger partial charge < -0.3 is 4.90 Å². The van der Waals surface area contributed by atoms with E-state index in [0.717, 1.165) is 17.9 Å². The molecule has 2 nitrogen and oxygen atoms in total. The van der Waals surface area contributed by atoms with Gasteiger partial charge >= 0.3 is 0 Å². The molecule has 1 fully saturated rings. The first kappa shape index (κ1) is 12.0. The number of aromatic nitrogens is 1. The fourth-order valence-electron chi connectivity index (χ4n) is 2.02. The summed E-state index contributed by atoms with van der Waals surface area (Å²) in [7, 11) is 0. The van der Waals surface area contributed by atoms with Crippen molar-refractivity contribution in [3.05, 3.63) is 46.3 Å². The minimum Gasteiger partial charge on any atom is -0.348 e. The van der Waals surface area contributed by atoms with Crippen LogP contribution in [0.2, 0.25) is 0 Å². The van der Waals surface area contributed by atoms with Crippen LogP contribution in [0.25, 0.3) is 0 Å². The molecule has 0 spiro atoms. The quantitative estimate of drug-likeness (QED) is 0.767. The molecular formula is C14H15ClN2S. The average Bonchev–Trinajstić information content (AvgIpc) is 3.13. The van der Waals surface area contributed by atoms with Gasteiger partial charge in [-0.2, -0.15) is 0 Å². The van der Waals surface area contributed by atoms with Crippen molar-refractivity contribution in [2.24, 2.45) is 0 Å². The highest BCUT2D eigenvalue weighted by Gasteiger charge is 2.30. The molecule has 4 heteroatoms. The predicted molar refractivity (Wildman–Crippen MR) is 77.3 cm³/mol. The van der Waals surface area contributed by atoms with Gasteiger partial charge in [0.1, 0.15) is 5.82 Å². The van der Waals surface area contributed by atoms with E-state index in [-0.39, 0.29) is 0 Å². The molecule has 0 aliphatic heterocycles. The number of pyridine rings is 1. The summed E-state index contributed by atoms with van der Waals surface area (Å²) in [4.78, 5) is 8.34. The van der Waals surface area contributed by atoms with E-state index in [0.29, 0.717) is 11.9 Å². The smallest absolute Gasteiger partial charge is 0.129 e. The van der Waals surface area contributed by atoms with Crippen LogP contribution in [0, 0.1) is 0 Å². The molecule has 2 aromatic rings. The zero-order valence-corrected chi connectivity index (χ0v) is 11.6. The molecule has 2 aromatic heterocycles. The van der Waals surface area contributed by atoms with Crippen LogP contribution in [0.5, 0.6) is 0 Å². The van der Waals surface area contributed by atoms with Crippen molar-refractivity contribution >= 4 is 28.8 Å². The van der Waals surface area contributed by atoms with E-state index in [1.807, 2.05) is 17.5 Å². The van der Waals surface area contributed by atoms with Crippen LogP contribution in [-0.2, 0) is 12.4 Å². The van der Waals surface area contributed by atoms with Gasteiger partial charge in [0, 0.05) is 23.0 Å². The number of alkyl halides is 1. The van der Waals surface area contributed by atoms with Crippen LogP contribution < -0.4 is 4.90 Å². The number of hydrogen-bond acceptors (Lipinski definition) is 3. The average molecular weight is 279 g/mol. The van der Waals surface area contributed by atoms with E-state index < -0.39 is 0 Å². The van der Waals surface area contributed by atoms with E-state index >= 15 is 0 Å². The molecule has 1 aliphatic rings. The van der Waals surface area contributed by atoms with Gasteiger partial charge in [0.05, 0.1) is 6.54 Å². The van der Waals surface area contributed by atoms with Gasteiger partial charge in [-0.25, -0.2) is 4.98 Å². The second kappa shape index (κ2) is 5.29. The Balaban J connectivity index is 1.80. The standard InChI is InChI=1S/C14H15ClN2S/c15-8-11-3-6-14(16-9-11)17(12-4-5-12)10-13-2-1-7-18-13/h1-3,6-7,9,12H,4-5,8,10H2. The number of rotatable bonds is 5. The van der Waals surface area contributed by atoms with Crippen LogP contribution in [-0.4, -0.2) is 11.0 Å². The van der Waals surface area contributed by atoms with Crippen molar-refractivity contribution in [1.82, 2.24) is 4.98 Å². The summed E-state index contributed by atoms with van der Waals surface area (Å²) in [5, 5.41) is 2.13. The lowest BCUT2D eigenvalue weighted by molar-refractivity contribution is 0.786. The molecular weight excluding hydrogens is 264 g/mol. The molecule has 1 saturated carbocycles. The summed E-state index contributed by atoms with van der Waals surface area (Å²) < 4.78 is 0. The maximum Gasteiger partial charge on any atom is 0.129 e. The van der Waals surface area contributed by atoms with Crippen LogP contribution in [0.15, 0.2) is 35.8 Å². The Hall–Kier alpha value is -1.06. The Labute approximate surface area is 116 Å². The second-order valence-electron chi connectivity index (χ2n) is 4.60. The Kier molecular flexibility index (Phi) is 3.52. The zero-order valence-electron chi connectivity index (χ0n) is 10.1. The number of nitrogens with zero attached hydrogens (tertiary/aromatic N) is 2. The highest BCUT2D eigenvalue weighted by Crippen LogP contribution is 2.32. The van der Waals surface area contributed by atoms with Gasteiger partial charge in [-0.05, 0) is 35.9 Å².